The molecule has 2 aromatic rings. The summed E-state index contributed by atoms with van der Waals surface area (Å²) < 4.78 is 5.76. The predicted octanol–water partition coefficient (Wildman–Crippen LogP) is 3.75. The van der Waals surface area contributed by atoms with Gasteiger partial charge in [-0.15, -0.1) is 0 Å². The molecule has 100 valence electrons. The lowest BCUT2D eigenvalue weighted by molar-refractivity contribution is 0.191. The van der Waals surface area contributed by atoms with E-state index in [1.165, 1.54) is 5.56 Å². The Morgan fingerprint density at radius 1 is 1.00 bits per heavy atom. The quantitative estimate of drug-likeness (QED) is 0.798. The second kappa shape index (κ2) is 6.95. The fraction of sp³-hybridized carbons (Fsp3) is 0.294. The number of benzene rings is 2. The highest BCUT2D eigenvalue weighted by atomic mass is 16.5. The summed E-state index contributed by atoms with van der Waals surface area (Å²) >= 11 is 0. The first-order chi connectivity index (χ1) is 9.27. The molecule has 0 spiro atoms. The second-order valence-electron chi connectivity index (χ2n) is 4.65. The van der Waals surface area contributed by atoms with Crippen molar-refractivity contribution in [2.24, 2.45) is 0 Å². The Hall–Kier alpha value is -1.80. The summed E-state index contributed by atoms with van der Waals surface area (Å²) in [6.45, 7) is 2.42. The first-order valence-electron chi connectivity index (χ1n) is 6.71. The van der Waals surface area contributed by atoms with Crippen LogP contribution in [0.15, 0.2) is 54.6 Å². The molecule has 2 aromatic carbocycles. The Balaban J connectivity index is 1.83. The molecule has 0 amide bonds. The van der Waals surface area contributed by atoms with Crippen LogP contribution < -0.4 is 4.74 Å². The summed E-state index contributed by atoms with van der Waals surface area (Å²) in [6, 6.07) is 18.0. The monoisotopic (exact) mass is 256 g/mol. The minimum atomic E-state index is -0.495. The predicted molar refractivity (Wildman–Crippen MR) is 77.3 cm³/mol. The third-order valence-corrected chi connectivity index (χ3v) is 3.08. The molecule has 1 N–H and O–H groups in total. The van der Waals surface area contributed by atoms with E-state index < -0.39 is 6.10 Å². The molecule has 0 radical (unpaired) electrons. The number of para-hydroxylation sites is 1. The van der Waals surface area contributed by atoms with Crippen molar-refractivity contribution in [1.82, 2.24) is 0 Å². The fourth-order valence-corrected chi connectivity index (χ4v) is 2.06. The molecule has 19 heavy (non-hydrogen) atoms. The topological polar surface area (TPSA) is 29.5 Å². The van der Waals surface area contributed by atoms with E-state index >= 15 is 0 Å². The van der Waals surface area contributed by atoms with E-state index in [0.717, 1.165) is 24.2 Å². The number of aryl methyl sites for hydroxylation is 1. The van der Waals surface area contributed by atoms with Gasteiger partial charge in [0.05, 0.1) is 12.7 Å². The first-order valence-corrected chi connectivity index (χ1v) is 6.71. The summed E-state index contributed by atoms with van der Waals surface area (Å²) in [7, 11) is 0. The van der Waals surface area contributed by atoms with E-state index in [1.807, 2.05) is 30.3 Å². The normalized spacial score (nSPS) is 12.1. The summed E-state index contributed by atoms with van der Waals surface area (Å²) in [5, 5.41) is 9.66. The first kappa shape index (κ1) is 13.6. The van der Waals surface area contributed by atoms with Gasteiger partial charge in [0.25, 0.3) is 0 Å². The minimum Gasteiger partial charge on any atom is -0.493 e. The van der Waals surface area contributed by atoms with Crippen LogP contribution in [0.5, 0.6) is 5.75 Å². The van der Waals surface area contributed by atoms with Crippen molar-refractivity contribution < 1.29 is 9.84 Å². The van der Waals surface area contributed by atoms with Crippen LogP contribution in [0, 0.1) is 0 Å². The number of ether oxygens (including phenoxy) is 1. The highest BCUT2D eigenvalue weighted by Crippen LogP contribution is 2.24. The Labute approximate surface area is 114 Å². The highest BCUT2D eigenvalue weighted by molar-refractivity contribution is 5.34. The van der Waals surface area contributed by atoms with Crippen molar-refractivity contribution in [3.8, 4) is 5.75 Å². The van der Waals surface area contributed by atoms with Gasteiger partial charge >= 0.3 is 0 Å². The molecule has 1 atom stereocenters. The van der Waals surface area contributed by atoms with Crippen molar-refractivity contribution in [2.75, 3.05) is 6.61 Å². The third kappa shape index (κ3) is 4.11. The van der Waals surface area contributed by atoms with E-state index in [2.05, 4.69) is 24.3 Å². The Morgan fingerprint density at radius 2 is 1.68 bits per heavy atom. The van der Waals surface area contributed by atoms with Crippen LogP contribution in [-0.4, -0.2) is 11.7 Å². The number of aliphatic hydroxyl groups excluding tert-OH is 1. The molecular formula is C17H20O2. The zero-order valence-corrected chi connectivity index (χ0v) is 11.3. The molecule has 0 fully saturated rings. The van der Waals surface area contributed by atoms with Crippen LogP contribution in [0.2, 0.25) is 0 Å². The van der Waals surface area contributed by atoms with E-state index in [0.29, 0.717) is 6.61 Å². The molecule has 0 aliphatic carbocycles. The van der Waals surface area contributed by atoms with E-state index in [9.17, 15) is 5.11 Å². The second-order valence-corrected chi connectivity index (χ2v) is 4.65. The summed E-state index contributed by atoms with van der Waals surface area (Å²) in [5.41, 5.74) is 2.18. The molecule has 0 saturated heterocycles. The lowest BCUT2D eigenvalue weighted by Gasteiger charge is -2.13. The molecule has 0 aliphatic rings. The summed E-state index contributed by atoms with van der Waals surface area (Å²) in [5.74, 6) is 0.783. The van der Waals surface area contributed by atoms with Crippen molar-refractivity contribution >= 4 is 0 Å². The van der Waals surface area contributed by atoms with Gasteiger partial charge in [-0.25, -0.2) is 0 Å². The molecule has 2 rings (SSSR count). The van der Waals surface area contributed by atoms with Gasteiger partial charge in [-0.2, -0.15) is 0 Å². The van der Waals surface area contributed by atoms with Gasteiger partial charge < -0.3 is 9.84 Å². The molecule has 0 unspecified atom stereocenters. The van der Waals surface area contributed by atoms with Crippen molar-refractivity contribution in [2.45, 2.75) is 25.9 Å². The van der Waals surface area contributed by atoms with Crippen molar-refractivity contribution in [3.05, 3.63) is 65.7 Å². The van der Waals surface area contributed by atoms with E-state index in [-0.39, 0.29) is 0 Å². The number of hydrogen-bond acceptors (Lipinski definition) is 2. The number of hydrogen-bond donors (Lipinski definition) is 1. The van der Waals surface area contributed by atoms with Crippen LogP contribution in [0.3, 0.4) is 0 Å². The van der Waals surface area contributed by atoms with Gasteiger partial charge in [0.2, 0.25) is 0 Å². The maximum atomic E-state index is 9.66. The summed E-state index contributed by atoms with van der Waals surface area (Å²) in [4.78, 5) is 0. The third-order valence-electron chi connectivity index (χ3n) is 3.08. The van der Waals surface area contributed by atoms with Gasteiger partial charge in [0.15, 0.2) is 0 Å². The van der Waals surface area contributed by atoms with Crippen LogP contribution >= 0.6 is 0 Å². The molecule has 0 aliphatic heterocycles. The van der Waals surface area contributed by atoms with Gasteiger partial charge in [-0.1, -0.05) is 48.5 Å². The number of aliphatic hydroxyl groups is 1. The average molecular weight is 256 g/mol. The molecule has 0 aromatic heterocycles. The molecular weight excluding hydrogens is 236 g/mol. The van der Waals surface area contributed by atoms with E-state index in [4.69, 9.17) is 4.74 Å². The largest absolute Gasteiger partial charge is 0.493 e. The lowest BCUT2D eigenvalue weighted by atomic mass is 10.1. The van der Waals surface area contributed by atoms with Crippen molar-refractivity contribution in [3.63, 3.8) is 0 Å². The summed E-state index contributed by atoms with van der Waals surface area (Å²) in [6.07, 6.45) is 1.49. The van der Waals surface area contributed by atoms with Gasteiger partial charge in [0.1, 0.15) is 5.75 Å². The zero-order chi connectivity index (χ0) is 13.5. The standard InChI is InChI=1S/C17H20O2/c1-14(18)16-11-5-6-12-17(16)19-13-7-10-15-8-3-2-4-9-15/h2-6,8-9,11-12,14,18H,7,10,13H2,1H3/t14-/m1/s1. The molecule has 2 nitrogen and oxygen atoms in total. The molecule has 2 heteroatoms. The lowest BCUT2D eigenvalue weighted by Crippen LogP contribution is -2.03. The van der Waals surface area contributed by atoms with Crippen LogP contribution in [0.1, 0.15) is 30.6 Å². The number of rotatable bonds is 6. The van der Waals surface area contributed by atoms with Gasteiger partial charge in [-0.3, -0.25) is 0 Å². The minimum absolute atomic E-state index is 0.495. The molecule has 0 heterocycles. The fourth-order valence-electron chi connectivity index (χ4n) is 2.06. The van der Waals surface area contributed by atoms with Crippen LogP contribution in [0.25, 0.3) is 0 Å². The zero-order valence-electron chi connectivity index (χ0n) is 11.3. The van der Waals surface area contributed by atoms with Crippen LogP contribution in [0.4, 0.5) is 0 Å². The SMILES string of the molecule is C[C@@H](O)c1ccccc1OCCCc1ccccc1. The molecule has 0 bridgehead atoms. The van der Waals surface area contributed by atoms with Gasteiger partial charge in [-0.05, 0) is 31.4 Å². The Kier molecular flexibility index (Phi) is 4.99. The smallest absolute Gasteiger partial charge is 0.125 e. The maximum Gasteiger partial charge on any atom is 0.125 e. The van der Waals surface area contributed by atoms with Gasteiger partial charge in [0, 0.05) is 5.56 Å². The maximum absolute atomic E-state index is 9.66. The van der Waals surface area contributed by atoms with E-state index in [1.54, 1.807) is 6.92 Å². The average Bonchev–Trinajstić information content (AvgIpc) is 2.45. The Bertz CT molecular complexity index is 492. The Morgan fingerprint density at radius 3 is 2.42 bits per heavy atom. The van der Waals surface area contributed by atoms with Crippen molar-refractivity contribution in [1.29, 1.82) is 0 Å². The molecule has 0 saturated carbocycles. The van der Waals surface area contributed by atoms with Crippen LogP contribution in [-0.2, 0) is 6.42 Å². The highest BCUT2D eigenvalue weighted by Gasteiger charge is 2.07.